The molecule has 2 fully saturated rings. The Hall–Kier alpha value is -0.220. The highest BCUT2D eigenvalue weighted by atomic mass is 19.3. The molecular formula is C7H11F2NO. The lowest BCUT2D eigenvalue weighted by Gasteiger charge is -2.28. The van der Waals surface area contributed by atoms with E-state index in [0.717, 1.165) is 0 Å². The summed E-state index contributed by atoms with van der Waals surface area (Å²) in [6, 6.07) is 0. The van der Waals surface area contributed by atoms with Crippen molar-refractivity contribution in [3.8, 4) is 0 Å². The van der Waals surface area contributed by atoms with E-state index in [1.54, 1.807) is 0 Å². The van der Waals surface area contributed by atoms with Gasteiger partial charge in [0.2, 0.25) is 0 Å². The molecule has 2 saturated heterocycles. The highest BCUT2D eigenvalue weighted by molar-refractivity contribution is 5.07. The summed E-state index contributed by atoms with van der Waals surface area (Å²) in [4.78, 5) is 0. The summed E-state index contributed by atoms with van der Waals surface area (Å²) in [7, 11) is 0. The zero-order chi connectivity index (χ0) is 7.95. The number of ether oxygens (including phenoxy) is 1. The standard InChI is InChI=1S/C7H11F2NO/c8-7(9)1-3-10-6(7)2-4-11-5-6/h10H,1-5H2. The summed E-state index contributed by atoms with van der Waals surface area (Å²) in [5.41, 5.74) is -1.02. The highest BCUT2D eigenvalue weighted by Gasteiger charge is 2.58. The van der Waals surface area contributed by atoms with Crippen LogP contribution in [0.15, 0.2) is 0 Å². The second kappa shape index (κ2) is 2.14. The summed E-state index contributed by atoms with van der Waals surface area (Å²) in [6.45, 7) is 1.04. The number of nitrogens with one attached hydrogen (secondary N) is 1. The molecule has 2 heterocycles. The minimum Gasteiger partial charge on any atom is -0.379 e. The molecule has 0 radical (unpaired) electrons. The molecule has 2 nitrogen and oxygen atoms in total. The Labute approximate surface area is 63.9 Å². The third-order valence-electron chi connectivity index (χ3n) is 2.62. The molecule has 2 rings (SSSR count). The van der Waals surface area contributed by atoms with Crippen LogP contribution in [0.25, 0.3) is 0 Å². The molecule has 4 heteroatoms. The molecule has 11 heavy (non-hydrogen) atoms. The first kappa shape index (κ1) is 7.43. The van der Waals surface area contributed by atoms with Gasteiger partial charge in [0.15, 0.2) is 0 Å². The van der Waals surface area contributed by atoms with E-state index in [1.165, 1.54) is 0 Å². The molecule has 1 atom stereocenters. The van der Waals surface area contributed by atoms with Crippen molar-refractivity contribution in [1.82, 2.24) is 5.32 Å². The fourth-order valence-electron chi connectivity index (χ4n) is 1.82. The minimum atomic E-state index is -2.57. The van der Waals surface area contributed by atoms with Crippen LogP contribution in [-0.4, -0.2) is 31.2 Å². The van der Waals surface area contributed by atoms with E-state index >= 15 is 0 Å². The van der Waals surface area contributed by atoms with Crippen LogP contribution in [0.5, 0.6) is 0 Å². The Kier molecular flexibility index (Phi) is 1.44. The Morgan fingerprint density at radius 2 is 2.09 bits per heavy atom. The van der Waals surface area contributed by atoms with Crippen LogP contribution < -0.4 is 5.32 Å². The smallest absolute Gasteiger partial charge is 0.269 e. The Morgan fingerprint density at radius 3 is 2.55 bits per heavy atom. The maximum atomic E-state index is 13.2. The molecule has 1 spiro atoms. The van der Waals surface area contributed by atoms with E-state index in [1.807, 2.05) is 0 Å². The van der Waals surface area contributed by atoms with Crippen LogP contribution in [0.4, 0.5) is 8.78 Å². The summed E-state index contributed by atoms with van der Waals surface area (Å²) in [6.07, 6.45) is 0.399. The lowest BCUT2D eigenvalue weighted by atomic mass is 9.93. The lowest BCUT2D eigenvalue weighted by Crippen LogP contribution is -2.52. The normalized spacial score (nSPS) is 42.0. The van der Waals surface area contributed by atoms with Gasteiger partial charge < -0.3 is 10.1 Å². The molecule has 0 aromatic heterocycles. The molecule has 0 bridgehead atoms. The van der Waals surface area contributed by atoms with Gasteiger partial charge in [-0.1, -0.05) is 0 Å². The second-order valence-corrected chi connectivity index (χ2v) is 3.27. The number of hydrogen-bond acceptors (Lipinski definition) is 2. The van der Waals surface area contributed by atoms with Gasteiger partial charge in [0, 0.05) is 19.6 Å². The van der Waals surface area contributed by atoms with E-state index in [4.69, 9.17) is 4.74 Å². The van der Waals surface area contributed by atoms with Gasteiger partial charge in [-0.05, 0) is 6.42 Å². The Balaban J connectivity index is 2.22. The average Bonchev–Trinajstić information content (AvgIpc) is 2.45. The zero-order valence-corrected chi connectivity index (χ0v) is 6.20. The van der Waals surface area contributed by atoms with Crippen molar-refractivity contribution >= 4 is 0 Å². The first-order valence-electron chi connectivity index (χ1n) is 3.87. The SMILES string of the molecule is FC1(F)CCNC12CCOC2. The van der Waals surface area contributed by atoms with Gasteiger partial charge in [-0.25, -0.2) is 8.78 Å². The summed E-state index contributed by atoms with van der Waals surface area (Å²) in [5.74, 6) is -2.57. The van der Waals surface area contributed by atoms with Crippen LogP contribution in [-0.2, 0) is 4.74 Å². The molecule has 2 aliphatic rings. The summed E-state index contributed by atoms with van der Waals surface area (Å²) < 4.78 is 31.3. The second-order valence-electron chi connectivity index (χ2n) is 3.27. The molecule has 0 aromatic rings. The number of rotatable bonds is 0. The molecule has 2 aliphatic heterocycles. The quantitative estimate of drug-likeness (QED) is 0.569. The van der Waals surface area contributed by atoms with Gasteiger partial charge in [-0.15, -0.1) is 0 Å². The summed E-state index contributed by atoms with van der Waals surface area (Å²) in [5, 5.41) is 2.85. The van der Waals surface area contributed by atoms with Crippen molar-refractivity contribution in [2.45, 2.75) is 24.3 Å². The molecular weight excluding hydrogens is 152 g/mol. The molecule has 64 valence electrons. The van der Waals surface area contributed by atoms with Crippen molar-refractivity contribution in [3.63, 3.8) is 0 Å². The maximum Gasteiger partial charge on any atom is 0.269 e. The third-order valence-corrected chi connectivity index (χ3v) is 2.62. The summed E-state index contributed by atoms with van der Waals surface area (Å²) >= 11 is 0. The van der Waals surface area contributed by atoms with E-state index in [0.29, 0.717) is 19.6 Å². The van der Waals surface area contributed by atoms with Crippen LogP contribution in [0.1, 0.15) is 12.8 Å². The monoisotopic (exact) mass is 163 g/mol. The van der Waals surface area contributed by atoms with Crippen molar-refractivity contribution in [3.05, 3.63) is 0 Å². The minimum absolute atomic E-state index is 0.0453. The third kappa shape index (κ3) is 0.891. The van der Waals surface area contributed by atoms with Gasteiger partial charge in [0.25, 0.3) is 5.92 Å². The molecule has 0 aromatic carbocycles. The molecule has 0 saturated carbocycles. The number of alkyl halides is 2. The predicted molar refractivity (Wildman–Crippen MR) is 35.7 cm³/mol. The van der Waals surface area contributed by atoms with Crippen molar-refractivity contribution in [2.75, 3.05) is 19.8 Å². The molecule has 0 aliphatic carbocycles. The zero-order valence-electron chi connectivity index (χ0n) is 6.20. The first-order valence-corrected chi connectivity index (χ1v) is 3.87. The van der Waals surface area contributed by atoms with E-state index in [2.05, 4.69) is 5.32 Å². The van der Waals surface area contributed by atoms with Gasteiger partial charge in [0.1, 0.15) is 5.54 Å². The topological polar surface area (TPSA) is 21.3 Å². The fourth-order valence-corrected chi connectivity index (χ4v) is 1.82. The maximum absolute atomic E-state index is 13.2. The number of hydrogen-bond donors (Lipinski definition) is 1. The van der Waals surface area contributed by atoms with Crippen LogP contribution in [0.2, 0.25) is 0 Å². The van der Waals surface area contributed by atoms with Crippen LogP contribution >= 0.6 is 0 Å². The predicted octanol–water partition coefficient (Wildman–Crippen LogP) is 0.774. The van der Waals surface area contributed by atoms with Crippen molar-refractivity contribution in [1.29, 1.82) is 0 Å². The van der Waals surface area contributed by atoms with E-state index in [-0.39, 0.29) is 13.0 Å². The van der Waals surface area contributed by atoms with Crippen LogP contribution in [0.3, 0.4) is 0 Å². The van der Waals surface area contributed by atoms with Gasteiger partial charge in [-0.3, -0.25) is 0 Å². The molecule has 0 amide bonds. The van der Waals surface area contributed by atoms with E-state index < -0.39 is 11.5 Å². The highest BCUT2D eigenvalue weighted by Crippen LogP contribution is 2.41. The van der Waals surface area contributed by atoms with Crippen molar-refractivity contribution in [2.24, 2.45) is 0 Å². The largest absolute Gasteiger partial charge is 0.379 e. The van der Waals surface area contributed by atoms with Gasteiger partial charge in [-0.2, -0.15) is 0 Å². The van der Waals surface area contributed by atoms with Crippen LogP contribution in [0, 0.1) is 0 Å². The van der Waals surface area contributed by atoms with Gasteiger partial charge in [0.05, 0.1) is 6.61 Å². The van der Waals surface area contributed by atoms with E-state index in [9.17, 15) is 8.78 Å². The Morgan fingerprint density at radius 1 is 1.27 bits per heavy atom. The van der Waals surface area contributed by atoms with Gasteiger partial charge >= 0.3 is 0 Å². The fraction of sp³-hybridized carbons (Fsp3) is 1.00. The van der Waals surface area contributed by atoms with Crippen molar-refractivity contribution < 1.29 is 13.5 Å². The number of halogens is 2. The lowest BCUT2D eigenvalue weighted by molar-refractivity contribution is -0.0620. The molecule has 1 N–H and O–H groups in total. The Bertz CT molecular complexity index is 160. The molecule has 1 unspecified atom stereocenters. The average molecular weight is 163 g/mol. The first-order chi connectivity index (χ1) is 5.16.